The van der Waals surface area contributed by atoms with Crippen LogP contribution in [0.4, 0.5) is 5.69 Å². The van der Waals surface area contributed by atoms with E-state index in [-0.39, 0.29) is 0 Å². The lowest BCUT2D eigenvalue weighted by molar-refractivity contribution is 0.412. The minimum Gasteiger partial charge on any atom is -0.699 e. The van der Waals surface area contributed by atoms with Crippen LogP contribution in [0.5, 0.6) is 5.75 Å². The Morgan fingerprint density at radius 1 is 1.40 bits per heavy atom. The Morgan fingerprint density at radius 2 is 2.10 bits per heavy atom. The third-order valence-corrected chi connectivity index (χ3v) is 1.39. The first-order valence-corrected chi connectivity index (χ1v) is 3.10. The van der Waals surface area contributed by atoms with Gasteiger partial charge in [0.05, 0.1) is 7.11 Å². The molecule has 2 heteroatoms. The fourth-order valence-electron chi connectivity index (χ4n) is 0.878. The first-order chi connectivity index (χ1) is 4.74. The lowest BCUT2D eigenvalue weighted by Crippen LogP contribution is -1.84. The second kappa shape index (κ2) is 2.60. The van der Waals surface area contributed by atoms with E-state index in [1.807, 2.05) is 6.92 Å². The van der Waals surface area contributed by atoms with Crippen LogP contribution < -0.4 is 4.74 Å². The first kappa shape index (κ1) is 6.93. The lowest BCUT2D eigenvalue weighted by atomic mass is 10.2. The number of hydrogen-bond donors (Lipinski definition) is 0. The monoisotopic (exact) mass is 136 g/mol. The van der Waals surface area contributed by atoms with Gasteiger partial charge in [-0.15, -0.1) is 5.69 Å². The molecule has 0 saturated heterocycles. The highest BCUT2D eigenvalue weighted by atomic mass is 16.5. The smallest absolute Gasteiger partial charge is 0.121 e. The van der Waals surface area contributed by atoms with Crippen molar-refractivity contribution in [2.45, 2.75) is 6.92 Å². The molecular formula is C8H10NO-. The highest BCUT2D eigenvalue weighted by Crippen LogP contribution is 2.21. The molecule has 1 aromatic rings. The topological polar surface area (TPSA) is 33.0 Å². The zero-order chi connectivity index (χ0) is 7.56. The lowest BCUT2D eigenvalue weighted by Gasteiger charge is -2.07. The van der Waals surface area contributed by atoms with Gasteiger partial charge in [0.25, 0.3) is 0 Å². The summed E-state index contributed by atoms with van der Waals surface area (Å²) in [6.07, 6.45) is 0. The van der Waals surface area contributed by atoms with Crippen molar-refractivity contribution in [2.24, 2.45) is 0 Å². The molecule has 1 rings (SSSR count). The normalized spacial score (nSPS) is 9.40. The van der Waals surface area contributed by atoms with Crippen molar-refractivity contribution in [3.63, 3.8) is 0 Å². The standard InChI is InChI=1S/C8H10NO/c1-6-5-7(9)3-4-8(6)10-2/h3-5,9H,1-2H3/q-1. The molecule has 10 heavy (non-hydrogen) atoms. The van der Waals surface area contributed by atoms with Crippen molar-refractivity contribution in [1.29, 1.82) is 0 Å². The Hall–Kier alpha value is -1.18. The van der Waals surface area contributed by atoms with Gasteiger partial charge in [0, 0.05) is 0 Å². The predicted molar refractivity (Wildman–Crippen MR) is 41.7 cm³/mol. The van der Waals surface area contributed by atoms with Crippen LogP contribution in [0, 0.1) is 6.92 Å². The summed E-state index contributed by atoms with van der Waals surface area (Å²) < 4.78 is 5.02. The largest absolute Gasteiger partial charge is 0.699 e. The highest BCUT2D eigenvalue weighted by Gasteiger charge is 1.92. The van der Waals surface area contributed by atoms with E-state index in [1.54, 1.807) is 25.3 Å². The Balaban J connectivity index is 3.07. The molecule has 2 nitrogen and oxygen atoms in total. The second-order valence-electron chi connectivity index (χ2n) is 2.18. The quantitative estimate of drug-likeness (QED) is 0.584. The van der Waals surface area contributed by atoms with Crippen molar-refractivity contribution < 1.29 is 4.74 Å². The van der Waals surface area contributed by atoms with Crippen LogP contribution in [-0.2, 0) is 0 Å². The number of ether oxygens (including phenoxy) is 1. The molecule has 0 spiro atoms. The Labute approximate surface area is 60.6 Å². The van der Waals surface area contributed by atoms with Gasteiger partial charge in [-0.05, 0) is 18.6 Å². The van der Waals surface area contributed by atoms with E-state index < -0.39 is 0 Å². The van der Waals surface area contributed by atoms with E-state index in [4.69, 9.17) is 10.5 Å². The number of benzene rings is 1. The number of methoxy groups -OCH3 is 1. The maximum atomic E-state index is 7.25. The third-order valence-electron chi connectivity index (χ3n) is 1.39. The Kier molecular flexibility index (Phi) is 1.81. The number of nitrogens with one attached hydrogen (secondary N) is 1. The predicted octanol–water partition coefficient (Wildman–Crippen LogP) is 2.69. The number of hydrogen-bond acceptors (Lipinski definition) is 1. The SMILES string of the molecule is COc1ccc([NH-])cc1C. The van der Waals surface area contributed by atoms with E-state index in [9.17, 15) is 0 Å². The van der Waals surface area contributed by atoms with Gasteiger partial charge in [0.2, 0.25) is 0 Å². The summed E-state index contributed by atoms with van der Waals surface area (Å²) >= 11 is 0. The minimum absolute atomic E-state index is 0.526. The van der Waals surface area contributed by atoms with E-state index in [1.165, 1.54) is 0 Å². The van der Waals surface area contributed by atoms with Gasteiger partial charge in [-0.3, -0.25) is 0 Å². The van der Waals surface area contributed by atoms with Gasteiger partial charge in [0.1, 0.15) is 5.75 Å². The van der Waals surface area contributed by atoms with Gasteiger partial charge >= 0.3 is 0 Å². The van der Waals surface area contributed by atoms with Crippen LogP contribution in [0.25, 0.3) is 5.73 Å². The van der Waals surface area contributed by atoms with Gasteiger partial charge < -0.3 is 10.5 Å². The fourth-order valence-corrected chi connectivity index (χ4v) is 0.878. The van der Waals surface area contributed by atoms with Crippen molar-refractivity contribution in [1.82, 2.24) is 0 Å². The van der Waals surface area contributed by atoms with Crippen LogP contribution in [0.2, 0.25) is 0 Å². The van der Waals surface area contributed by atoms with Crippen LogP contribution >= 0.6 is 0 Å². The molecule has 0 aromatic heterocycles. The fraction of sp³-hybridized carbons (Fsp3) is 0.250. The van der Waals surface area contributed by atoms with E-state index in [0.29, 0.717) is 5.69 Å². The van der Waals surface area contributed by atoms with Crippen LogP contribution in [0.3, 0.4) is 0 Å². The molecule has 0 unspecified atom stereocenters. The van der Waals surface area contributed by atoms with E-state index >= 15 is 0 Å². The summed E-state index contributed by atoms with van der Waals surface area (Å²) in [6.45, 7) is 1.93. The summed E-state index contributed by atoms with van der Waals surface area (Å²) in [6, 6.07) is 5.29. The van der Waals surface area contributed by atoms with Crippen molar-refractivity contribution in [3.8, 4) is 5.75 Å². The third kappa shape index (κ3) is 1.21. The number of aryl methyl sites for hydroxylation is 1. The molecule has 0 aliphatic carbocycles. The molecule has 1 N–H and O–H groups in total. The zero-order valence-corrected chi connectivity index (χ0v) is 6.14. The second-order valence-corrected chi connectivity index (χ2v) is 2.18. The molecule has 0 atom stereocenters. The summed E-state index contributed by atoms with van der Waals surface area (Å²) in [5.41, 5.74) is 8.79. The average Bonchev–Trinajstić information content (AvgIpc) is 1.88. The maximum Gasteiger partial charge on any atom is 0.121 e. The summed E-state index contributed by atoms with van der Waals surface area (Å²) in [5.74, 6) is 0.844. The van der Waals surface area contributed by atoms with Crippen molar-refractivity contribution >= 4 is 5.69 Å². The molecule has 0 aliphatic rings. The van der Waals surface area contributed by atoms with Crippen LogP contribution in [0.15, 0.2) is 18.2 Å². The van der Waals surface area contributed by atoms with Gasteiger partial charge in [-0.25, -0.2) is 0 Å². The van der Waals surface area contributed by atoms with Gasteiger partial charge in [0.15, 0.2) is 0 Å². The van der Waals surface area contributed by atoms with Crippen molar-refractivity contribution in [3.05, 3.63) is 29.5 Å². The molecule has 1 aromatic carbocycles. The van der Waals surface area contributed by atoms with Crippen LogP contribution in [-0.4, -0.2) is 7.11 Å². The average molecular weight is 136 g/mol. The highest BCUT2D eigenvalue weighted by molar-refractivity contribution is 5.50. The van der Waals surface area contributed by atoms with Crippen molar-refractivity contribution in [2.75, 3.05) is 7.11 Å². The molecule has 0 saturated carbocycles. The number of rotatable bonds is 1. The molecule has 0 amide bonds. The molecule has 0 aliphatic heterocycles. The van der Waals surface area contributed by atoms with E-state index in [0.717, 1.165) is 11.3 Å². The van der Waals surface area contributed by atoms with Crippen LogP contribution in [0.1, 0.15) is 5.56 Å². The summed E-state index contributed by atoms with van der Waals surface area (Å²) in [7, 11) is 1.63. The molecule has 0 heterocycles. The molecular weight excluding hydrogens is 126 g/mol. The Morgan fingerprint density at radius 3 is 2.60 bits per heavy atom. The maximum absolute atomic E-state index is 7.25. The minimum atomic E-state index is 0.526. The molecule has 0 bridgehead atoms. The first-order valence-electron chi connectivity index (χ1n) is 3.10. The van der Waals surface area contributed by atoms with Gasteiger partial charge in [-0.2, -0.15) is 0 Å². The summed E-state index contributed by atoms with van der Waals surface area (Å²) in [4.78, 5) is 0. The van der Waals surface area contributed by atoms with Gasteiger partial charge in [-0.1, -0.05) is 12.1 Å². The molecule has 0 radical (unpaired) electrons. The molecule has 0 fully saturated rings. The Bertz CT molecular complexity index is 233. The zero-order valence-electron chi connectivity index (χ0n) is 6.14. The molecule has 54 valence electrons. The summed E-state index contributed by atoms with van der Waals surface area (Å²) in [5, 5.41) is 0. The van der Waals surface area contributed by atoms with E-state index in [2.05, 4.69) is 0 Å².